The Hall–Kier alpha value is -1.82. The third kappa shape index (κ3) is 4.09. The molecule has 0 aliphatic heterocycles. The Morgan fingerprint density at radius 1 is 1.40 bits per heavy atom. The minimum Gasteiger partial charge on any atom is -0.338 e. The van der Waals surface area contributed by atoms with E-state index in [-0.39, 0.29) is 17.1 Å². The zero-order valence-corrected chi connectivity index (χ0v) is 12.5. The topological polar surface area (TPSA) is 68.0 Å². The largest absolute Gasteiger partial charge is 0.338 e. The molecule has 2 aromatic rings. The highest BCUT2D eigenvalue weighted by atomic mass is 32.2. The molecule has 0 fully saturated rings. The lowest BCUT2D eigenvalue weighted by atomic mass is 9.92. The number of pyridine rings is 1. The number of carbonyl (C=O) groups is 1. The number of rotatable bonds is 4. The van der Waals surface area contributed by atoms with Gasteiger partial charge in [-0.3, -0.25) is 10.1 Å². The number of nitrogens with one attached hydrogen (secondary N) is 1. The van der Waals surface area contributed by atoms with E-state index in [1.807, 2.05) is 39.0 Å². The zero-order valence-electron chi connectivity index (χ0n) is 11.7. The van der Waals surface area contributed by atoms with E-state index in [2.05, 4.69) is 15.5 Å². The number of thioether (sulfide) groups is 1. The average Bonchev–Trinajstić information content (AvgIpc) is 2.86. The van der Waals surface area contributed by atoms with Crippen LogP contribution in [0.4, 0.5) is 5.88 Å². The lowest BCUT2D eigenvalue weighted by molar-refractivity contribution is -0.113. The summed E-state index contributed by atoms with van der Waals surface area (Å²) in [7, 11) is 0. The van der Waals surface area contributed by atoms with Crippen LogP contribution in [0.25, 0.3) is 0 Å². The van der Waals surface area contributed by atoms with Crippen LogP contribution in [0.15, 0.2) is 40.0 Å². The van der Waals surface area contributed by atoms with E-state index in [1.54, 1.807) is 12.3 Å². The Bertz CT molecular complexity index is 576. The van der Waals surface area contributed by atoms with Crippen LogP contribution in [0.5, 0.6) is 0 Å². The highest BCUT2D eigenvalue weighted by molar-refractivity contribution is 7.99. The van der Waals surface area contributed by atoms with Crippen LogP contribution in [-0.2, 0) is 10.2 Å². The second-order valence-corrected chi connectivity index (χ2v) is 6.33. The van der Waals surface area contributed by atoms with Gasteiger partial charge in [-0.1, -0.05) is 43.8 Å². The van der Waals surface area contributed by atoms with Crippen LogP contribution in [0.2, 0.25) is 0 Å². The molecule has 0 aromatic carbocycles. The van der Waals surface area contributed by atoms with E-state index in [0.29, 0.717) is 5.88 Å². The Morgan fingerprint density at radius 3 is 2.80 bits per heavy atom. The van der Waals surface area contributed by atoms with Crippen LogP contribution in [-0.4, -0.2) is 21.8 Å². The maximum atomic E-state index is 11.8. The van der Waals surface area contributed by atoms with Crippen molar-refractivity contribution in [3.63, 3.8) is 0 Å². The molecule has 0 radical (unpaired) electrons. The predicted octanol–water partition coefficient (Wildman–Crippen LogP) is 3.10. The third-order valence-corrected chi connectivity index (χ3v) is 3.47. The van der Waals surface area contributed by atoms with Crippen molar-refractivity contribution in [1.29, 1.82) is 0 Å². The average molecular weight is 291 g/mol. The van der Waals surface area contributed by atoms with Gasteiger partial charge in [-0.05, 0) is 12.1 Å². The number of aromatic nitrogens is 2. The lowest BCUT2D eigenvalue weighted by Crippen LogP contribution is -2.14. The molecule has 0 spiro atoms. The number of amides is 1. The van der Waals surface area contributed by atoms with Crippen molar-refractivity contribution in [1.82, 2.24) is 10.1 Å². The highest BCUT2D eigenvalue weighted by Gasteiger charge is 2.19. The van der Waals surface area contributed by atoms with E-state index in [1.165, 1.54) is 11.8 Å². The molecule has 20 heavy (non-hydrogen) atoms. The van der Waals surface area contributed by atoms with Crippen LogP contribution < -0.4 is 5.32 Å². The third-order valence-electron chi connectivity index (χ3n) is 2.53. The molecule has 0 unspecified atom stereocenters. The standard InChI is InChI=1S/C14H17N3O2S/c1-14(2,3)10-8-12(19-17-10)16-11(18)9-20-13-6-4-5-7-15-13/h4-8H,9H2,1-3H3,(H,16,18). The molecule has 0 saturated carbocycles. The van der Waals surface area contributed by atoms with Gasteiger partial charge in [-0.15, -0.1) is 0 Å². The summed E-state index contributed by atoms with van der Waals surface area (Å²) in [6, 6.07) is 7.35. The molecule has 5 nitrogen and oxygen atoms in total. The normalized spacial score (nSPS) is 11.3. The zero-order chi connectivity index (χ0) is 14.6. The van der Waals surface area contributed by atoms with Gasteiger partial charge in [0.25, 0.3) is 0 Å². The number of hydrogen-bond donors (Lipinski definition) is 1. The van der Waals surface area contributed by atoms with Crippen LogP contribution >= 0.6 is 11.8 Å². The van der Waals surface area contributed by atoms with Gasteiger partial charge in [0.15, 0.2) is 0 Å². The molecule has 0 aliphatic carbocycles. The molecule has 1 N–H and O–H groups in total. The van der Waals surface area contributed by atoms with Crippen molar-refractivity contribution in [2.24, 2.45) is 0 Å². The SMILES string of the molecule is CC(C)(C)c1cc(NC(=O)CSc2ccccn2)on1. The van der Waals surface area contributed by atoms with Crippen molar-refractivity contribution in [2.45, 2.75) is 31.2 Å². The summed E-state index contributed by atoms with van der Waals surface area (Å²) in [6.07, 6.45) is 1.70. The van der Waals surface area contributed by atoms with Gasteiger partial charge in [0.2, 0.25) is 11.8 Å². The molecule has 2 aromatic heterocycles. The summed E-state index contributed by atoms with van der Waals surface area (Å²) in [5.41, 5.74) is 0.708. The van der Waals surface area contributed by atoms with Gasteiger partial charge in [0.1, 0.15) is 0 Å². The quantitative estimate of drug-likeness (QED) is 0.877. The monoisotopic (exact) mass is 291 g/mol. The minimum atomic E-state index is -0.141. The lowest BCUT2D eigenvalue weighted by Gasteiger charge is -2.12. The summed E-state index contributed by atoms with van der Waals surface area (Å²) in [5, 5.41) is 7.45. The van der Waals surface area contributed by atoms with E-state index in [0.717, 1.165) is 10.7 Å². The number of carbonyl (C=O) groups excluding carboxylic acids is 1. The second kappa shape index (κ2) is 6.09. The fourth-order valence-corrected chi connectivity index (χ4v) is 2.09. The van der Waals surface area contributed by atoms with Crippen molar-refractivity contribution in [3.8, 4) is 0 Å². The molecular weight excluding hydrogens is 274 g/mol. The number of nitrogens with zero attached hydrogens (tertiary/aromatic N) is 2. The molecule has 6 heteroatoms. The van der Waals surface area contributed by atoms with Crippen molar-refractivity contribution >= 4 is 23.6 Å². The summed E-state index contributed by atoms with van der Waals surface area (Å²) in [4.78, 5) is 15.9. The summed E-state index contributed by atoms with van der Waals surface area (Å²) < 4.78 is 5.11. The molecule has 0 bridgehead atoms. The fourth-order valence-electron chi connectivity index (χ4n) is 1.43. The minimum absolute atomic E-state index is 0.102. The van der Waals surface area contributed by atoms with Gasteiger partial charge in [0.05, 0.1) is 16.5 Å². The van der Waals surface area contributed by atoms with E-state index < -0.39 is 0 Å². The van der Waals surface area contributed by atoms with Crippen LogP contribution in [0.1, 0.15) is 26.5 Å². The Kier molecular flexibility index (Phi) is 4.44. The maximum absolute atomic E-state index is 11.8. The molecule has 0 atom stereocenters. The first-order chi connectivity index (χ1) is 9.45. The number of hydrogen-bond acceptors (Lipinski definition) is 5. The van der Waals surface area contributed by atoms with Crippen molar-refractivity contribution < 1.29 is 9.32 Å². The van der Waals surface area contributed by atoms with Gasteiger partial charge in [-0.25, -0.2) is 4.98 Å². The van der Waals surface area contributed by atoms with Gasteiger partial charge in [0, 0.05) is 17.7 Å². The number of anilines is 1. The maximum Gasteiger partial charge on any atom is 0.237 e. The van der Waals surface area contributed by atoms with Gasteiger partial charge in [-0.2, -0.15) is 0 Å². The molecule has 0 saturated heterocycles. The van der Waals surface area contributed by atoms with Gasteiger partial charge >= 0.3 is 0 Å². The van der Waals surface area contributed by atoms with Crippen LogP contribution in [0, 0.1) is 0 Å². The molecule has 2 rings (SSSR count). The smallest absolute Gasteiger partial charge is 0.237 e. The Balaban J connectivity index is 1.87. The molecular formula is C14H17N3O2S. The molecule has 2 heterocycles. The van der Waals surface area contributed by atoms with Crippen LogP contribution in [0.3, 0.4) is 0 Å². The summed E-state index contributed by atoms with van der Waals surface area (Å²) >= 11 is 1.37. The van der Waals surface area contributed by atoms with Gasteiger partial charge < -0.3 is 4.52 Å². The fraction of sp³-hybridized carbons (Fsp3) is 0.357. The first-order valence-electron chi connectivity index (χ1n) is 6.26. The van der Waals surface area contributed by atoms with Crippen molar-refractivity contribution in [2.75, 3.05) is 11.1 Å². The predicted molar refractivity (Wildman–Crippen MR) is 78.8 cm³/mol. The summed E-state index contributed by atoms with van der Waals surface area (Å²) in [5.74, 6) is 0.515. The Labute approximate surface area is 122 Å². The second-order valence-electron chi connectivity index (χ2n) is 5.33. The first kappa shape index (κ1) is 14.6. The van der Waals surface area contributed by atoms with E-state index >= 15 is 0 Å². The summed E-state index contributed by atoms with van der Waals surface area (Å²) in [6.45, 7) is 6.11. The molecule has 106 valence electrons. The van der Waals surface area contributed by atoms with E-state index in [9.17, 15) is 4.79 Å². The van der Waals surface area contributed by atoms with Crippen molar-refractivity contribution in [3.05, 3.63) is 36.2 Å². The van der Waals surface area contributed by atoms with E-state index in [4.69, 9.17) is 4.52 Å². The Morgan fingerprint density at radius 2 is 2.20 bits per heavy atom. The molecule has 1 amide bonds. The highest BCUT2D eigenvalue weighted by Crippen LogP contribution is 2.23. The first-order valence-corrected chi connectivity index (χ1v) is 7.24. The molecule has 0 aliphatic rings.